The minimum absolute atomic E-state index is 0.0527. The molecule has 0 spiro atoms. The molecule has 0 aliphatic heterocycles. The van der Waals surface area contributed by atoms with Crippen LogP contribution in [0.5, 0.6) is 0 Å². The Balaban J connectivity index is 2.21. The van der Waals surface area contributed by atoms with Crippen molar-refractivity contribution >= 4 is 46.2 Å². The Morgan fingerprint density at radius 2 is 1.81 bits per heavy atom. The molecule has 0 fully saturated rings. The third-order valence-electron chi connectivity index (χ3n) is 3.02. The van der Waals surface area contributed by atoms with Crippen molar-refractivity contribution in [2.75, 3.05) is 5.32 Å². The second kappa shape index (κ2) is 6.52. The number of hydrogen-bond donors (Lipinski definition) is 1. The molecule has 0 saturated heterocycles. The number of aryl methyl sites for hydroxylation is 1. The lowest BCUT2D eigenvalue weighted by molar-refractivity contribution is -0.384. The van der Waals surface area contributed by atoms with Gasteiger partial charge in [0.2, 0.25) is 0 Å². The lowest BCUT2D eigenvalue weighted by atomic mass is 10.1. The Bertz CT molecular complexity index is 705. The molecule has 0 atom stereocenters. The van der Waals surface area contributed by atoms with Crippen LogP contribution >= 0.6 is 34.8 Å². The van der Waals surface area contributed by atoms with Crippen molar-refractivity contribution in [1.29, 1.82) is 0 Å². The summed E-state index contributed by atoms with van der Waals surface area (Å²) in [5, 5.41) is 15.2. The number of nitrogens with zero attached hydrogens (tertiary/aromatic N) is 1. The minimum atomic E-state index is -0.429. The van der Waals surface area contributed by atoms with Crippen molar-refractivity contribution in [2.24, 2.45) is 0 Å². The van der Waals surface area contributed by atoms with E-state index in [-0.39, 0.29) is 5.69 Å². The van der Waals surface area contributed by atoms with Gasteiger partial charge >= 0.3 is 0 Å². The first-order valence-electron chi connectivity index (χ1n) is 6.01. The third kappa shape index (κ3) is 3.59. The second-order valence-corrected chi connectivity index (χ2v) is 5.62. The van der Waals surface area contributed by atoms with Gasteiger partial charge in [-0.1, -0.05) is 34.8 Å². The predicted molar refractivity (Wildman–Crippen MR) is 86.6 cm³/mol. The van der Waals surface area contributed by atoms with E-state index in [1.165, 1.54) is 12.1 Å². The van der Waals surface area contributed by atoms with E-state index >= 15 is 0 Å². The smallest absolute Gasteiger partial charge is 0.269 e. The molecule has 110 valence electrons. The highest BCUT2D eigenvalue weighted by Gasteiger charge is 2.11. The van der Waals surface area contributed by atoms with Crippen LogP contribution in [0.4, 0.5) is 11.4 Å². The van der Waals surface area contributed by atoms with Crippen molar-refractivity contribution in [3.8, 4) is 0 Å². The van der Waals surface area contributed by atoms with E-state index in [0.717, 1.165) is 11.3 Å². The molecule has 4 nitrogen and oxygen atoms in total. The topological polar surface area (TPSA) is 55.2 Å². The lowest BCUT2D eigenvalue weighted by Crippen LogP contribution is -2.03. The summed E-state index contributed by atoms with van der Waals surface area (Å²) in [6.45, 7) is 2.16. The first-order valence-corrected chi connectivity index (χ1v) is 7.15. The summed E-state index contributed by atoms with van der Waals surface area (Å²) in [5.41, 5.74) is 2.27. The van der Waals surface area contributed by atoms with E-state index in [4.69, 9.17) is 34.8 Å². The summed E-state index contributed by atoms with van der Waals surface area (Å²) in [6, 6.07) is 7.90. The van der Waals surface area contributed by atoms with Crippen molar-refractivity contribution in [3.05, 3.63) is 66.6 Å². The highest BCUT2D eigenvalue weighted by molar-refractivity contribution is 6.44. The average molecular weight is 346 g/mol. The molecule has 0 radical (unpaired) electrons. The highest BCUT2D eigenvalue weighted by Crippen LogP contribution is 2.32. The van der Waals surface area contributed by atoms with E-state index < -0.39 is 4.92 Å². The van der Waals surface area contributed by atoms with E-state index in [1.807, 2.05) is 0 Å². The molecule has 21 heavy (non-hydrogen) atoms. The molecule has 0 aliphatic rings. The first kappa shape index (κ1) is 15.9. The third-order valence-corrected chi connectivity index (χ3v) is 4.21. The normalized spacial score (nSPS) is 10.5. The largest absolute Gasteiger partial charge is 0.381 e. The van der Waals surface area contributed by atoms with Crippen molar-refractivity contribution in [3.63, 3.8) is 0 Å². The molecule has 0 aromatic heterocycles. The van der Waals surface area contributed by atoms with E-state index in [9.17, 15) is 10.1 Å². The quantitative estimate of drug-likeness (QED) is 0.454. The van der Waals surface area contributed by atoms with Crippen LogP contribution in [0, 0.1) is 17.0 Å². The molecule has 0 aliphatic carbocycles. The zero-order valence-corrected chi connectivity index (χ0v) is 13.3. The maximum absolute atomic E-state index is 10.7. The molecule has 0 unspecified atom stereocenters. The lowest BCUT2D eigenvalue weighted by Gasteiger charge is -2.12. The van der Waals surface area contributed by atoms with Crippen LogP contribution in [0.1, 0.15) is 11.1 Å². The highest BCUT2D eigenvalue weighted by atomic mass is 35.5. The molecule has 1 N–H and O–H groups in total. The summed E-state index contributed by atoms with van der Waals surface area (Å²) in [6.07, 6.45) is 0. The number of benzene rings is 2. The Morgan fingerprint density at radius 1 is 1.14 bits per heavy atom. The van der Waals surface area contributed by atoms with Gasteiger partial charge in [0.1, 0.15) is 0 Å². The number of rotatable bonds is 4. The van der Waals surface area contributed by atoms with Crippen LogP contribution in [0.15, 0.2) is 30.3 Å². The zero-order valence-electron chi connectivity index (χ0n) is 11.0. The van der Waals surface area contributed by atoms with Crippen LogP contribution in [0.3, 0.4) is 0 Å². The predicted octanol–water partition coefficient (Wildman–Crippen LogP) is 5.48. The van der Waals surface area contributed by atoms with Gasteiger partial charge in [0, 0.05) is 35.0 Å². The summed E-state index contributed by atoms with van der Waals surface area (Å²) in [4.78, 5) is 10.3. The van der Waals surface area contributed by atoms with Gasteiger partial charge in [-0.15, -0.1) is 0 Å². The van der Waals surface area contributed by atoms with Crippen molar-refractivity contribution < 1.29 is 4.92 Å². The number of nitrogens with one attached hydrogen (secondary N) is 1. The fourth-order valence-electron chi connectivity index (χ4n) is 1.87. The second-order valence-electron chi connectivity index (χ2n) is 4.43. The van der Waals surface area contributed by atoms with Crippen LogP contribution in [0.2, 0.25) is 15.1 Å². The Hall–Kier alpha value is -1.49. The van der Waals surface area contributed by atoms with Crippen molar-refractivity contribution in [2.45, 2.75) is 13.5 Å². The Labute approximate surface area is 136 Å². The average Bonchev–Trinajstić information content (AvgIpc) is 2.44. The van der Waals surface area contributed by atoms with E-state index in [1.54, 1.807) is 25.1 Å². The molecule has 7 heteroatoms. The molecule has 2 rings (SSSR count). The van der Waals surface area contributed by atoms with Gasteiger partial charge in [0.15, 0.2) is 0 Å². The van der Waals surface area contributed by atoms with Crippen molar-refractivity contribution in [1.82, 2.24) is 0 Å². The number of non-ortho nitro benzene ring substituents is 1. The molecule has 0 amide bonds. The van der Waals surface area contributed by atoms with Gasteiger partial charge < -0.3 is 5.32 Å². The fraction of sp³-hybridized carbons (Fsp3) is 0.143. The molecule has 0 heterocycles. The summed E-state index contributed by atoms with van der Waals surface area (Å²) >= 11 is 18.2. The minimum Gasteiger partial charge on any atom is -0.381 e. The van der Waals surface area contributed by atoms with Crippen LogP contribution in [0.25, 0.3) is 0 Å². The summed E-state index contributed by atoms with van der Waals surface area (Å²) < 4.78 is 0. The van der Waals surface area contributed by atoms with Crippen LogP contribution < -0.4 is 5.32 Å². The van der Waals surface area contributed by atoms with Gasteiger partial charge in [-0.25, -0.2) is 0 Å². The molecular formula is C14H11Cl3N2O2. The molecule has 0 saturated carbocycles. The van der Waals surface area contributed by atoms with Gasteiger partial charge in [-0.2, -0.15) is 0 Å². The van der Waals surface area contributed by atoms with Gasteiger partial charge in [-0.3, -0.25) is 10.1 Å². The molecule has 2 aromatic rings. The number of anilines is 1. The van der Waals surface area contributed by atoms with Crippen LogP contribution in [-0.2, 0) is 6.54 Å². The maximum atomic E-state index is 10.7. The SMILES string of the molecule is Cc1cc([N+](=O)[O-])ccc1NCc1c(Cl)ccc(Cl)c1Cl. The Morgan fingerprint density at radius 3 is 2.43 bits per heavy atom. The standard InChI is InChI=1S/C14H11Cl3N2O2/c1-8-6-9(19(20)21)2-5-13(8)18-7-10-11(15)3-4-12(16)14(10)17/h2-6,18H,7H2,1H3. The molecule has 0 bridgehead atoms. The number of nitro benzene ring substituents is 1. The van der Waals surface area contributed by atoms with Crippen LogP contribution in [-0.4, -0.2) is 4.92 Å². The maximum Gasteiger partial charge on any atom is 0.269 e. The number of halogens is 3. The Kier molecular flexibility index (Phi) is 4.93. The van der Waals surface area contributed by atoms with Gasteiger partial charge in [-0.05, 0) is 30.7 Å². The summed E-state index contributed by atoms with van der Waals surface area (Å²) in [5.74, 6) is 0. The van der Waals surface area contributed by atoms with Gasteiger partial charge in [0.25, 0.3) is 5.69 Å². The number of hydrogen-bond acceptors (Lipinski definition) is 3. The zero-order chi connectivity index (χ0) is 15.6. The number of nitro groups is 1. The monoisotopic (exact) mass is 344 g/mol. The summed E-state index contributed by atoms with van der Waals surface area (Å²) in [7, 11) is 0. The van der Waals surface area contributed by atoms with E-state index in [2.05, 4.69) is 5.32 Å². The molecular weight excluding hydrogens is 335 g/mol. The van der Waals surface area contributed by atoms with E-state index in [0.29, 0.717) is 27.2 Å². The first-order chi connectivity index (χ1) is 9.90. The molecule has 2 aromatic carbocycles. The van der Waals surface area contributed by atoms with Gasteiger partial charge in [0.05, 0.1) is 15.0 Å². The fourth-order valence-corrected chi connectivity index (χ4v) is 2.56.